The van der Waals surface area contributed by atoms with Gasteiger partial charge in [0.1, 0.15) is 11.6 Å². The summed E-state index contributed by atoms with van der Waals surface area (Å²) in [5, 5.41) is 8.87. The van der Waals surface area contributed by atoms with Crippen molar-refractivity contribution in [3.8, 4) is 5.75 Å². The zero-order valence-electron chi connectivity index (χ0n) is 8.87. The highest BCUT2D eigenvalue weighted by molar-refractivity contribution is 5.77. The second-order valence-electron chi connectivity index (χ2n) is 3.35. The molecule has 0 bridgehead atoms. The summed E-state index contributed by atoms with van der Waals surface area (Å²) >= 11 is 0. The largest absolute Gasteiger partial charge is 0.496 e. The Morgan fingerprint density at radius 2 is 2.13 bits per heavy atom. The van der Waals surface area contributed by atoms with Gasteiger partial charge in [0.2, 0.25) is 0 Å². The highest BCUT2D eigenvalue weighted by Crippen LogP contribution is 2.31. The SMILES string of the molecule is COc1c(C(C)C(=O)O)ccc(F)c1C. The number of hydrogen-bond donors (Lipinski definition) is 1. The van der Waals surface area contributed by atoms with Crippen LogP contribution in [0, 0.1) is 12.7 Å². The molecule has 0 radical (unpaired) electrons. The van der Waals surface area contributed by atoms with Crippen molar-refractivity contribution >= 4 is 5.97 Å². The molecule has 0 aromatic heterocycles. The van der Waals surface area contributed by atoms with Gasteiger partial charge in [-0.05, 0) is 19.9 Å². The Balaban J connectivity index is 3.30. The zero-order valence-corrected chi connectivity index (χ0v) is 8.87. The third kappa shape index (κ3) is 2.09. The summed E-state index contributed by atoms with van der Waals surface area (Å²) in [7, 11) is 1.40. The van der Waals surface area contributed by atoms with Crippen molar-refractivity contribution in [1.82, 2.24) is 0 Å². The molecule has 0 amide bonds. The number of aliphatic carboxylic acids is 1. The minimum absolute atomic E-state index is 0.310. The molecule has 4 heteroatoms. The first-order valence-corrected chi connectivity index (χ1v) is 4.54. The van der Waals surface area contributed by atoms with Crippen LogP contribution in [0.25, 0.3) is 0 Å². The molecule has 1 atom stereocenters. The summed E-state index contributed by atoms with van der Waals surface area (Å²) in [5.41, 5.74) is 0.826. The number of ether oxygens (including phenoxy) is 1. The van der Waals surface area contributed by atoms with Crippen molar-refractivity contribution in [2.75, 3.05) is 7.11 Å². The lowest BCUT2D eigenvalue weighted by molar-refractivity contribution is -0.138. The van der Waals surface area contributed by atoms with E-state index in [1.54, 1.807) is 6.92 Å². The van der Waals surface area contributed by atoms with Gasteiger partial charge in [0, 0.05) is 11.1 Å². The van der Waals surface area contributed by atoms with Gasteiger partial charge in [0.25, 0.3) is 0 Å². The monoisotopic (exact) mass is 212 g/mol. The van der Waals surface area contributed by atoms with Crippen molar-refractivity contribution in [1.29, 1.82) is 0 Å². The normalized spacial score (nSPS) is 12.3. The molecule has 3 nitrogen and oxygen atoms in total. The van der Waals surface area contributed by atoms with E-state index in [2.05, 4.69) is 0 Å². The Hall–Kier alpha value is -1.58. The van der Waals surface area contributed by atoms with Gasteiger partial charge in [-0.15, -0.1) is 0 Å². The second-order valence-corrected chi connectivity index (χ2v) is 3.35. The van der Waals surface area contributed by atoms with E-state index < -0.39 is 17.7 Å². The van der Waals surface area contributed by atoms with Crippen molar-refractivity contribution in [2.24, 2.45) is 0 Å². The summed E-state index contributed by atoms with van der Waals surface area (Å²) < 4.78 is 18.2. The minimum Gasteiger partial charge on any atom is -0.496 e. The molecule has 82 valence electrons. The fourth-order valence-corrected chi connectivity index (χ4v) is 1.43. The van der Waals surface area contributed by atoms with Crippen LogP contribution in [-0.2, 0) is 4.79 Å². The molecule has 0 spiro atoms. The van der Waals surface area contributed by atoms with E-state index in [0.29, 0.717) is 16.9 Å². The van der Waals surface area contributed by atoms with E-state index in [1.807, 2.05) is 0 Å². The van der Waals surface area contributed by atoms with Gasteiger partial charge in [-0.25, -0.2) is 4.39 Å². The highest BCUT2D eigenvalue weighted by Gasteiger charge is 2.20. The molecule has 0 saturated heterocycles. The van der Waals surface area contributed by atoms with Crippen molar-refractivity contribution < 1.29 is 19.0 Å². The summed E-state index contributed by atoms with van der Waals surface area (Å²) in [5.74, 6) is -1.75. The first-order valence-electron chi connectivity index (χ1n) is 4.54. The standard InChI is InChI=1S/C11H13FO3/c1-6(11(13)14)8-4-5-9(12)7(2)10(8)15-3/h4-6H,1-3H3,(H,13,14). The third-order valence-corrected chi connectivity index (χ3v) is 2.41. The van der Waals surface area contributed by atoms with Crippen LogP contribution in [0.15, 0.2) is 12.1 Å². The zero-order chi connectivity index (χ0) is 11.6. The number of carbonyl (C=O) groups is 1. The number of hydrogen-bond acceptors (Lipinski definition) is 2. The van der Waals surface area contributed by atoms with Crippen LogP contribution in [0.4, 0.5) is 4.39 Å². The van der Waals surface area contributed by atoms with Crippen molar-refractivity contribution in [3.05, 3.63) is 29.1 Å². The Labute approximate surface area is 87.5 Å². The van der Waals surface area contributed by atoms with E-state index in [1.165, 1.54) is 26.2 Å². The van der Waals surface area contributed by atoms with Crippen LogP contribution in [0.1, 0.15) is 24.0 Å². The second kappa shape index (κ2) is 4.29. The Kier molecular flexibility index (Phi) is 3.29. The molecular weight excluding hydrogens is 199 g/mol. The molecule has 0 aliphatic carbocycles. The van der Waals surface area contributed by atoms with Crippen LogP contribution >= 0.6 is 0 Å². The Morgan fingerprint density at radius 1 is 1.53 bits per heavy atom. The number of halogens is 1. The lowest BCUT2D eigenvalue weighted by atomic mass is 9.98. The summed E-state index contributed by atoms with van der Waals surface area (Å²) in [6.45, 7) is 3.10. The molecular formula is C11H13FO3. The quantitative estimate of drug-likeness (QED) is 0.836. The average molecular weight is 212 g/mol. The molecule has 0 aliphatic heterocycles. The minimum atomic E-state index is -0.959. The van der Waals surface area contributed by atoms with Crippen LogP contribution in [-0.4, -0.2) is 18.2 Å². The van der Waals surface area contributed by atoms with E-state index in [9.17, 15) is 9.18 Å². The van der Waals surface area contributed by atoms with Crippen LogP contribution < -0.4 is 4.74 Å². The molecule has 15 heavy (non-hydrogen) atoms. The number of rotatable bonds is 3. The van der Waals surface area contributed by atoms with E-state index in [-0.39, 0.29) is 0 Å². The van der Waals surface area contributed by atoms with Gasteiger partial charge in [0.05, 0.1) is 13.0 Å². The maximum Gasteiger partial charge on any atom is 0.310 e. The van der Waals surface area contributed by atoms with Crippen LogP contribution in [0.3, 0.4) is 0 Å². The first kappa shape index (κ1) is 11.5. The summed E-state index contributed by atoms with van der Waals surface area (Å²) in [6.07, 6.45) is 0. The maximum atomic E-state index is 13.2. The first-order chi connectivity index (χ1) is 6.99. The maximum absolute atomic E-state index is 13.2. The average Bonchev–Trinajstić information content (AvgIpc) is 2.20. The van der Waals surface area contributed by atoms with Crippen molar-refractivity contribution in [3.63, 3.8) is 0 Å². The predicted molar refractivity (Wildman–Crippen MR) is 53.7 cm³/mol. The Bertz CT molecular complexity index is 388. The molecule has 0 saturated carbocycles. The topological polar surface area (TPSA) is 46.5 Å². The molecule has 1 rings (SSSR count). The lowest BCUT2D eigenvalue weighted by Crippen LogP contribution is -2.10. The lowest BCUT2D eigenvalue weighted by Gasteiger charge is -2.14. The fourth-order valence-electron chi connectivity index (χ4n) is 1.43. The smallest absolute Gasteiger partial charge is 0.310 e. The van der Waals surface area contributed by atoms with Gasteiger partial charge in [0.15, 0.2) is 0 Å². The van der Waals surface area contributed by atoms with Crippen LogP contribution in [0.5, 0.6) is 5.75 Å². The molecule has 0 fully saturated rings. The van der Waals surface area contributed by atoms with Gasteiger partial charge in [-0.2, -0.15) is 0 Å². The van der Waals surface area contributed by atoms with Crippen molar-refractivity contribution in [2.45, 2.75) is 19.8 Å². The molecule has 0 aliphatic rings. The van der Waals surface area contributed by atoms with Gasteiger partial charge in [-0.1, -0.05) is 6.07 Å². The highest BCUT2D eigenvalue weighted by atomic mass is 19.1. The number of methoxy groups -OCH3 is 1. The summed E-state index contributed by atoms with van der Waals surface area (Å²) in [4.78, 5) is 10.8. The summed E-state index contributed by atoms with van der Waals surface area (Å²) in [6, 6.07) is 2.70. The molecule has 1 aromatic carbocycles. The van der Waals surface area contributed by atoms with E-state index >= 15 is 0 Å². The predicted octanol–water partition coefficient (Wildman–Crippen LogP) is 2.33. The number of benzene rings is 1. The third-order valence-electron chi connectivity index (χ3n) is 2.41. The molecule has 0 heterocycles. The van der Waals surface area contributed by atoms with Gasteiger partial charge < -0.3 is 9.84 Å². The van der Waals surface area contributed by atoms with Gasteiger partial charge in [-0.3, -0.25) is 4.79 Å². The Morgan fingerprint density at radius 3 is 2.60 bits per heavy atom. The van der Waals surface area contributed by atoms with E-state index in [4.69, 9.17) is 9.84 Å². The van der Waals surface area contributed by atoms with Crippen LogP contribution in [0.2, 0.25) is 0 Å². The molecule has 1 N–H and O–H groups in total. The number of carboxylic acid groups (broad SMARTS) is 1. The molecule has 1 unspecified atom stereocenters. The van der Waals surface area contributed by atoms with Gasteiger partial charge >= 0.3 is 5.97 Å². The number of carboxylic acids is 1. The molecule has 1 aromatic rings. The van der Waals surface area contributed by atoms with E-state index in [0.717, 1.165) is 0 Å². The fraction of sp³-hybridized carbons (Fsp3) is 0.364.